The van der Waals surface area contributed by atoms with E-state index in [4.69, 9.17) is 12.2 Å². The molecular weight excluding hydrogens is 426 g/mol. The monoisotopic (exact) mass is 447 g/mol. The van der Waals surface area contributed by atoms with Crippen LogP contribution in [0.3, 0.4) is 0 Å². The molecule has 0 atom stereocenters. The highest BCUT2D eigenvalue weighted by atomic mass is 79.9. The molecule has 2 rings (SSSR count). The summed E-state index contributed by atoms with van der Waals surface area (Å²) in [6, 6.07) is 14.8. The number of benzene rings is 2. The van der Waals surface area contributed by atoms with Gasteiger partial charge in [-0.2, -0.15) is 0 Å². The summed E-state index contributed by atoms with van der Waals surface area (Å²) in [4.78, 5) is 24.2. The summed E-state index contributed by atoms with van der Waals surface area (Å²) in [5, 5.41) is 2.57. The topological polar surface area (TPSA) is 70.2 Å². The maximum atomic E-state index is 12.3. The Morgan fingerprint density at radius 1 is 1.04 bits per heavy atom. The molecule has 0 aliphatic carbocycles. The third kappa shape index (κ3) is 6.45. The second kappa shape index (κ2) is 9.10. The van der Waals surface area contributed by atoms with Crippen LogP contribution in [0.4, 0.5) is 0 Å². The van der Waals surface area contributed by atoms with Gasteiger partial charge in [0.25, 0.3) is 5.91 Å². The first-order chi connectivity index (χ1) is 12.7. The van der Waals surface area contributed by atoms with Crippen molar-refractivity contribution in [3.05, 3.63) is 69.7 Å². The number of rotatable bonds is 3. The molecule has 142 valence electrons. The van der Waals surface area contributed by atoms with Crippen molar-refractivity contribution in [1.29, 1.82) is 0 Å². The Kier molecular flexibility index (Phi) is 7.10. The van der Waals surface area contributed by atoms with Crippen molar-refractivity contribution < 1.29 is 9.59 Å². The number of amides is 2. The van der Waals surface area contributed by atoms with E-state index in [1.54, 1.807) is 12.1 Å². The fraction of sp³-hybridized carbons (Fsp3) is 0.250. The van der Waals surface area contributed by atoms with Crippen LogP contribution in [0.5, 0.6) is 0 Å². The molecule has 0 aromatic heterocycles. The van der Waals surface area contributed by atoms with Gasteiger partial charge >= 0.3 is 0 Å². The number of hydrogen-bond acceptors (Lipinski definition) is 3. The van der Waals surface area contributed by atoms with E-state index in [-0.39, 0.29) is 28.8 Å². The second-order valence-corrected chi connectivity index (χ2v) is 8.33. The molecule has 27 heavy (non-hydrogen) atoms. The lowest BCUT2D eigenvalue weighted by Crippen LogP contribution is -2.48. The van der Waals surface area contributed by atoms with Crippen molar-refractivity contribution in [2.24, 2.45) is 0 Å². The van der Waals surface area contributed by atoms with Crippen molar-refractivity contribution in [1.82, 2.24) is 16.2 Å². The van der Waals surface area contributed by atoms with Gasteiger partial charge in [-0.3, -0.25) is 25.8 Å². The lowest BCUT2D eigenvalue weighted by atomic mass is 9.86. The normalized spacial score (nSPS) is 10.8. The Bertz CT molecular complexity index is 848. The van der Waals surface area contributed by atoms with Crippen molar-refractivity contribution in [2.45, 2.75) is 32.6 Å². The molecule has 0 saturated carbocycles. The zero-order valence-electron chi connectivity index (χ0n) is 15.4. The van der Waals surface area contributed by atoms with Crippen LogP contribution in [-0.4, -0.2) is 16.9 Å². The number of hydrazine groups is 1. The largest absolute Gasteiger partial charge is 0.298 e. The molecule has 3 N–H and O–H groups in total. The Morgan fingerprint density at radius 3 is 2.30 bits per heavy atom. The molecule has 0 unspecified atom stereocenters. The summed E-state index contributed by atoms with van der Waals surface area (Å²) in [5.41, 5.74) is 7.44. The van der Waals surface area contributed by atoms with Gasteiger partial charge in [-0.05, 0) is 40.9 Å². The van der Waals surface area contributed by atoms with Crippen molar-refractivity contribution >= 4 is 45.1 Å². The highest BCUT2D eigenvalue weighted by Crippen LogP contribution is 2.30. The van der Waals surface area contributed by atoms with E-state index in [0.717, 1.165) is 15.6 Å². The van der Waals surface area contributed by atoms with Gasteiger partial charge in [-0.25, -0.2) is 0 Å². The first-order valence-corrected chi connectivity index (χ1v) is 9.61. The van der Waals surface area contributed by atoms with E-state index in [1.807, 2.05) is 36.4 Å². The van der Waals surface area contributed by atoms with E-state index >= 15 is 0 Å². The number of halogens is 1. The highest BCUT2D eigenvalue weighted by Gasteiger charge is 2.18. The van der Waals surface area contributed by atoms with Crippen LogP contribution in [0.2, 0.25) is 0 Å². The zero-order chi connectivity index (χ0) is 20.0. The Labute approximate surface area is 173 Å². The van der Waals surface area contributed by atoms with Gasteiger partial charge in [0.1, 0.15) is 0 Å². The van der Waals surface area contributed by atoms with Crippen molar-refractivity contribution in [3.8, 4) is 0 Å². The molecule has 0 fully saturated rings. The van der Waals surface area contributed by atoms with Crippen LogP contribution >= 0.6 is 28.1 Å². The Morgan fingerprint density at radius 2 is 1.70 bits per heavy atom. The quantitative estimate of drug-likeness (QED) is 0.496. The van der Waals surface area contributed by atoms with Crippen LogP contribution in [0.1, 0.15) is 42.3 Å². The minimum atomic E-state index is -0.356. The maximum absolute atomic E-state index is 12.3. The molecule has 2 aromatic rings. The highest BCUT2D eigenvalue weighted by molar-refractivity contribution is 9.10. The number of carbonyl (C=O) groups excluding carboxylic acids is 2. The second-order valence-electron chi connectivity index (χ2n) is 7.06. The van der Waals surface area contributed by atoms with Gasteiger partial charge in [0.05, 0.1) is 6.42 Å². The van der Waals surface area contributed by atoms with Gasteiger partial charge in [0, 0.05) is 10.0 Å². The number of thiocarbonyl (C=S) groups is 1. The van der Waals surface area contributed by atoms with E-state index in [1.165, 1.54) is 0 Å². The lowest BCUT2D eigenvalue weighted by molar-refractivity contribution is -0.121. The summed E-state index contributed by atoms with van der Waals surface area (Å²) in [6.45, 7) is 6.30. The molecule has 0 bridgehead atoms. The predicted molar refractivity (Wildman–Crippen MR) is 114 cm³/mol. The van der Waals surface area contributed by atoms with Gasteiger partial charge in [0.15, 0.2) is 5.11 Å². The summed E-state index contributed by atoms with van der Waals surface area (Å²) in [5.74, 6) is -0.610. The van der Waals surface area contributed by atoms with Crippen LogP contribution in [0.15, 0.2) is 53.0 Å². The average molecular weight is 448 g/mol. The molecule has 0 saturated heterocycles. The summed E-state index contributed by atoms with van der Waals surface area (Å²) < 4.78 is 0.859. The average Bonchev–Trinajstić information content (AvgIpc) is 2.59. The van der Waals surface area contributed by atoms with Crippen molar-refractivity contribution in [2.75, 3.05) is 0 Å². The molecule has 0 aliphatic heterocycles. The molecule has 5 nitrogen and oxygen atoms in total. The van der Waals surface area contributed by atoms with Crippen LogP contribution in [0, 0.1) is 0 Å². The SMILES string of the molecule is CC(C)(C)c1ccc(C(=O)NC(=S)NNC(=O)Cc2ccccc2)cc1Br. The first-order valence-electron chi connectivity index (χ1n) is 8.41. The van der Waals surface area contributed by atoms with Gasteiger partial charge < -0.3 is 0 Å². The van der Waals surface area contributed by atoms with Crippen LogP contribution < -0.4 is 16.2 Å². The van der Waals surface area contributed by atoms with E-state index in [9.17, 15) is 9.59 Å². The molecule has 0 spiro atoms. The fourth-order valence-electron chi connectivity index (χ4n) is 2.42. The minimum Gasteiger partial charge on any atom is -0.298 e. The number of nitrogens with one attached hydrogen (secondary N) is 3. The number of carbonyl (C=O) groups is 2. The fourth-order valence-corrected chi connectivity index (χ4v) is 3.54. The van der Waals surface area contributed by atoms with Gasteiger partial charge in [-0.1, -0.05) is 73.1 Å². The summed E-state index contributed by atoms with van der Waals surface area (Å²) in [6.07, 6.45) is 0.214. The standard InChI is InChI=1S/C20H22BrN3O2S/c1-20(2,3)15-10-9-14(12-16(15)21)18(26)22-19(27)24-23-17(25)11-13-7-5-4-6-8-13/h4-10,12H,11H2,1-3H3,(H,23,25)(H2,22,24,26,27). The Hall–Kier alpha value is -2.25. The molecule has 0 aliphatic rings. The van der Waals surface area contributed by atoms with Gasteiger partial charge in [-0.15, -0.1) is 0 Å². The molecule has 7 heteroatoms. The van der Waals surface area contributed by atoms with E-state index < -0.39 is 0 Å². The molecular formula is C20H22BrN3O2S. The van der Waals surface area contributed by atoms with E-state index in [2.05, 4.69) is 52.9 Å². The molecule has 2 aromatic carbocycles. The zero-order valence-corrected chi connectivity index (χ0v) is 17.8. The maximum Gasteiger partial charge on any atom is 0.257 e. The van der Waals surface area contributed by atoms with Crippen LogP contribution in [0.25, 0.3) is 0 Å². The third-order valence-corrected chi connectivity index (χ3v) is 4.65. The Balaban J connectivity index is 1.87. The molecule has 0 heterocycles. The summed E-state index contributed by atoms with van der Waals surface area (Å²) in [7, 11) is 0. The first kappa shape index (κ1) is 21.1. The summed E-state index contributed by atoms with van der Waals surface area (Å²) >= 11 is 8.57. The lowest BCUT2D eigenvalue weighted by Gasteiger charge is -2.21. The third-order valence-electron chi connectivity index (χ3n) is 3.79. The minimum absolute atomic E-state index is 0.0254. The smallest absolute Gasteiger partial charge is 0.257 e. The number of hydrogen-bond donors (Lipinski definition) is 3. The van der Waals surface area contributed by atoms with E-state index in [0.29, 0.717) is 5.56 Å². The van der Waals surface area contributed by atoms with Crippen molar-refractivity contribution in [3.63, 3.8) is 0 Å². The predicted octanol–water partition coefficient (Wildman–Crippen LogP) is 3.62. The van der Waals surface area contributed by atoms with Crippen LogP contribution in [-0.2, 0) is 16.6 Å². The molecule has 0 radical (unpaired) electrons. The molecule has 2 amide bonds. The van der Waals surface area contributed by atoms with Gasteiger partial charge in [0.2, 0.25) is 5.91 Å².